The summed E-state index contributed by atoms with van der Waals surface area (Å²) in [7, 11) is 1.98. The predicted octanol–water partition coefficient (Wildman–Crippen LogP) is 0.0978. The fraction of sp³-hybridized carbons (Fsp3) is 0.667. The molecule has 74 valence electrons. The van der Waals surface area contributed by atoms with E-state index in [0.29, 0.717) is 30.8 Å². The lowest BCUT2D eigenvalue weighted by atomic mass is 10.1. The number of ether oxygens (including phenoxy) is 1. The molecule has 0 aromatic carbocycles. The molecule has 0 aliphatic carbocycles. The summed E-state index contributed by atoms with van der Waals surface area (Å²) >= 11 is 0. The van der Waals surface area contributed by atoms with E-state index in [1.807, 2.05) is 7.05 Å². The largest absolute Gasteiger partial charge is 0.463 e. The van der Waals surface area contributed by atoms with Gasteiger partial charge in [-0.05, 0) is 20.4 Å². The SMILES string of the molecule is CCOC(=O)C1=C(N)CN(C)CC1. The summed E-state index contributed by atoms with van der Waals surface area (Å²) in [6, 6.07) is 0. The van der Waals surface area contributed by atoms with Crippen molar-refractivity contribution in [2.24, 2.45) is 5.73 Å². The Morgan fingerprint density at radius 2 is 2.38 bits per heavy atom. The summed E-state index contributed by atoms with van der Waals surface area (Å²) in [6.07, 6.45) is 0.696. The minimum Gasteiger partial charge on any atom is -0.463 e. The number of carbonyl (C=O) groups excluding carboxylic acids is 1. The van der Waals surface area contributed by atoms with Gasteiger partial charge in [0.15, 0.2) is 0 Å². The first-order chi connectivity index (χ1) is 6.15. The van der Waals surface area contributed by atoms with Crippen LogP contribution >= 0.6 is 0 Å². The quantitative estimate of drug-likeness (QED) is 0.618. The second kappa shape index (κ2) is 4.28. The van der Waals surface area contributed by atoms with Crippen LogP contribution in [0.1, 0.15) is 13.3 Å². The third kappa shape index (κ3) is 2.45. The molecular weight excluding hydrogens is 168 g/mol. The number of esters is 1. The molecule has 13 heavy (non-hydrogen) atoms. The Morgan fingerprint density at radius 3 is 2.92 bits per heavy atom. The van der Waals surface area contributed by atoms with Crippen LogP contribution in [-0.4, -0.2) is 37.6 Å². The normalized spacial score (nSPS) is 18.9. The van der Waals surface area contributed by atoms with Gasteiger partial charge in [-0.25, -0.2) is 4.79 Å². The topological polar surface area (TPSA) is 55.6 Å². The van der Waals surface area contributed by atoms with Gasteiger partial charge in [0.1, 0.15) is 0 Å². The molecule has 0 saturated carbocycles. The number of hydrogen-bond acceptors (Lipinski definition) is 4. The fourth-order valence-corrected chi connectivity index (χ4v) is 1.38. The van der Waals surface area contributed by atoms with Crippen LogP contribution in [0.5, 0.6) is 0 Å². The van der Waals surface area contributed by atoms with Crippen LogP contribution < -0.4 is 5.73 Å². The summed E-state index contributed by atoms with van der Waals surface area (Å²) < 4.78 is 4.89. The van der Waals surface area contributed by atoms with Crippen molar-refractivity contribution in [3.8, 4) is 0 Å². The first kappa shape index (κ1) is 10.1. The van der Waals surface area contributed by atoms with Crippen molar-refractivity contribution in [1.29, 1.82) is 0 Å². The van der Waals surface area contributed by atoms with E-state index in [9.17, 15) is 4.79 Å². The standard InChI is InChI=1S/C9H16N2O2/c1-3-13-9(12)7-4-5-11(2)6-8(7)10/h3-6,10H2,1-2H3. The molecule has 1 aliphatic rings. The van der Waals surface area contributed by atoms with E-state index in [1.165, 1.54) is 0 Å². The van der Waals surface area contributed by atoms with Gasteiger partial charge >= 0.3 is 5.97 Å². The van der Waals surface area contributed by atoms with Crippen molar-refractivity contribution in [2.75, 3.05) is 26.7 Å². The van der Waals surface area contributed by atoms with Crippen LogP contribution in [0.4, 0.5) is 0 Å². The second-order valence-electron chi connectivity index (χ2n) is 3.21. The molecule has 0 amide bonds. The predicted molar refractivity (Wildman–Crippen MR) is 50.0 cm³/mol. The average Bonchev–Trinajstić information content (AvgIpc) is 2.04. The molecule has 0 aromatic heterocycles. The summed E-state index contributed by atoms with van der Waals surface area (Å²) in [5.41, 5.74) is 7.04. The molecular formula is C9H16N2O2. The lowest BCUT2D eigenvalue weighted by molar-refractivity contribution is -0.138. The van der Waals surface area contributed by atoms with Gasteiger partial charge in [-0.15, -0.1) is 0 Å². The monoisotopic (exact) mass is 184 g/mol. The van der Waals surface area contributed by atoms with Crippen LogP contribution in [0, 0.1) is 0 Å². The molecule has 0 unspecified atom stereocenters. The van der Waals surface area contributed by atoms with Crippen LogP contribution in [-0.2, 0) is 9.53 Å². The Bertz CT molecular complexity index is 236. The molecule has 4 nitrogen and oxygen atoms in total. The lowest BCUT2D eigenvalue weighted by Gasteiger charge is -2.24. The Balaban J connectivity index is 2.67. The molecule has 0 radical (unpaired) electrons. The number of nitrogens with zero attached hydrogens (tertiary/aromatic N) is 1. The van der Waals surface area contributed by atoms with Gasteiger partial charge in [0.05, 0.1) is 12.2 Å². The zero-order chi connectivity index (χ0) is 9.84. The van der Waals surface area contributed by atoms with Crippen molar-refractivity contribution in [2.45, 2.75) is 13.3 Å². The van der Waals surface area contributed by atoms with Crippen LogP contribution in [0.15, 0.2) is 11.3 Å². The second-order valence-corrected chi connectivity index (χ2v) is 3.21. The van der Waals surface area contributed by atoms with E-state index in [2.05, 4.69) is 4.90 Å². The highest BCUT2D eigenvalue weighted by Gasteiger charge is 2.20. The Hall–Kier alpha value is -1.03. The van der Waals surface area contributed by atoms with Gasteiger partial charge in [0.25, 0.3) is 0 Å². The molecule has 2 N–H and O–H groups in total. The highest BCUT2D eigenvalue weighted by Crippen LogP contribution is 2.14. The molecule has 1 aliphatic heterocycles. The van der Waals surface area contributed by atoms with Gasteiger partial charge in [-0.3, -0.25) is 0 Å². The smallest absolute Gasteiger partial charge is 0.335 e. The minimum absolute atomic E-state index is 0.256. The molecule has 0 aromatic rings. The van der Waals surface area contributed by atoms with Crippen LogP contribution in [0.3, 0.4) is 0 Å². The number of carbonyl (C=O) groups is 1. The minimum atomic E-state index is -0.256. The van der Waals surface area contributed by atoms with Crippen molar-refractivity contribution < 1.29 is 9.53 Å². The third-order valence-electron chi connectivity index (χ3n) is 2.09. The zero-order valence-corrected chi connectivity index (χ0v) is 8.17. The molecule has 0 spiro atoms. The Kier molecular flexibility index (Phi) is 3.31. The van der Waals surface area contributed by atoms with Crippen molar-refractivity contribution in [3.63, 3.8) is 0 Å². The molecule has 0 saturated heterocycles. The summed E-state index contributed by atoms with van der Waals surface area (Å²) in [6.45, 7) is 3.73. The maximum absolute atomic E-state index is 11.3. The highest BCUT2D eigenvalue weighted by atomic mass is 16.5. The van der Waals surface area contributed by atoms with E-state index in [-0.39, 0.29) is 5.97 Å². The van der Waals surface area contributed by atoms with Gasteiger partial charge < -0.3 is 15.4 Å². The first-order valence-electron chi connectivity index (χ1n) is 4.48. The molecule has 0 atom stereocenters. The third-order valence-corrected chi connectivity index (χ3v) is 2.09. The number of rotatable bonds is 2. The van der Waals surface area contributed by atoms with E-state index >= 15 is 0 Å². The molecule has 1 rings (SSSR count). The van der Waals surface area contributed by atoms with Crippen molar-refractivity contribution in [1.82, 2.24) is 4.90 Å². The van der Waals surface area contributed by atoms with Crippen molar-refractivity contribution in [3.05, 3.63) is 11.3 Å². The van der Waals surface area contributed by atoms with Gasteiger partial charge in [-0.1, -0.05) is 0 Å². The zero-order valence-electron chi connectivity index (χ0n) is 8.17. The summed E-state index contributed by atoms with van der Waals surface area (Å²) in [4.78, 5) is 13.4. The van der Waals surface area contributed by atoms with Crippen LogP contribution in [0.25, 0.3) is 0 Å². The molecule has 4 heteroatoms. The maximum atomic E-state index is 11.3. The van der Waals surface area contributed by atoms with E-state index < -0.39 is 0 Å². The maximum Gasteiger partial charge on any atom is 0.335 e. The summed E-state index contributed by atoms with van der Waals surface area (Å²) in [5, 5.41) is 0. The Morgan fingerprint density at radius 1 is 1.69 bits per heavy atom. The fourth-order valence-electron chi connectivity index (χ4n) is 1.38. The first-order valence-corrected chi connectivity index (χ1v) is 4.48. The lowest BCUT2D eigenvalue weighted by Crippen LogP contribution is -2.33. The summed E-state index contributed by atoms with van der Waals surface area (Å²) in [5.74, 6) is -0.256. The number of hydrogen-bond donors (Lipinski definition) is 1. The number of likely N-dealkylation sites (N-methyl/N-ethyl adjacent to an activating group) is 1. The Labute approximate surface area is 78.3 Å². The highest BCUT2D eigenvalue weighted by molar-refractivity contribution is 5.89. The van der Waals surface area contributed by atoms with E-state index in [1.54, 1.807) is 6.92 Å². The van der Waals surface area contributed by atoms with Gasteiger partial charge in [-0.2, -0.15) is 0 Å². The van der Waals surface area contributed by atoms with Gasteiger partial charge in [0.2, 0.25) is 0 Å². The average molecular weight is 184 g/mol. The van der Waals surface area contributed by atoms with Crippen LogP contribution in [0.2, 0.25) is 0 Å². The van der Waals surface area contributed by atoms with Gasteiger partial charge in [0, 0.05) is 18.8 Å². The molecule has 0 bridgehead atoms. The molecule has 1 heterocycles. The van der Waals surface area contributed by atoms with E-state index in [0.717, 1.165) is 6.54 Å². The number of nitrogens with two attached hydrogens (primary N) is 1. The van der Waals surface area contributed by atoms with E-state index in [4.69, 9.17) is 10.5 Å². The molecule has 0 fully saturated rings. The van der Waals surface area contributed by atoms with Crippen molar-refractivity contribution >= 4 is 5.97 Å².